The molecule has 4 heteroatoms. The van der Waals surface area contributed by atoms with Crippen molar-refractivity contribution in [3.63, 3.8) is 0 Å². The molecule has 0 spiro atoms. The molecule has 0 saturated heterocycles. The summed E-state index contributed by atoms with van der Waals surface area (Å²) in [6, 6.07) is 7.20. The number of benzene rings is 1. The molecule has 2 nitrogen and oxygen atoms in total. The van der Waals surface area contributed by atoms with Crippen molar-refractivity contribution in [2.45, 2.75) is 5.32 Å². The Balaban J connectivity index is 2.75. The van der Waals surface area contributed by atoms with Gasteiger partial charge in [0.2, 0.25) is 0 Å². The summed E-state index contributed by atoms with van der Waals surface area (Å²) in [6.07, 6.45) is 0. The zero-order valence-corrected chi connectivity index (χ0v) is 9.09. The van der Waals surface area contributed by atoms with E-state index in [1.54, 1.807) is 12.1 Å². The first-order valence-electron chi connectivity index (χ1n) is 3.67. The summed E-state index contributed by atoms with van der Waals surface area (Å²) in [6.45, 7) is 0.733. The Kier molecular flexibility index (Phi) is 3.89. The van der Waals surface area contributed by atoms with Gasteiger partial charge >= 0.3 is 80.6 Å². The van der Waals surface area contributed by atoms with E-state index in [1.807, 2.05) is 12.1 Å². The zero-order valence-electron chi connectivity index (χ0n) is 6.63. The third-order valence-corrected chi connectivity index (χ3v) is 4.72. The van der Waals surface area contributed by atoms with Crippen LogP contribution in [-0.2, 0) is 3.83 Å². The Bertz CT molecular complexity index is 273. The van der Waals surface area contributed by atoms with Gasteiger partial charge in [0.25, 0.3) is 0 Å². The van der Waals surface area contributed by atoms with Crippen LogP contribution in [0.3, 0.4) is 0 Å². The average Bonchev–Trinajstić information content (AvgIpc) is 2.06. The number of hydrogen-bond donors (Lipinski definition) is 1. The molecule has 0 heterocycles. The summed E-state index contributed by atoms with van der Waals surface area (Å²) in [5, 5.41) is 1.40. The van der Waals surface area contributed by atoms with E-state index in [0.717, 1.165) is 11.0 Å². The van der Waals surface area contributed by atoms with E-state index in [1.165, 1.54) is 0 Å². The molecule has 1 atom stereocenters. The monoisotopic (exact) mass is 252 g/mol. The van der Waals surface area contributed by atoms with Gasteiger partial charge in [-0.1, -0.05) is 0 Å². The van der Waals surface area contributed by atoms with E-state index in [4.69, 9.17) is 11.6 Å². The van der Waals surface area contributed by atoms with E-state index in [2.05, 4.69) is 5.73 Å². The summed E-state index contributed by atoms with van der Waals surface area (Å²) >= 11 is 3.87. The summed E-state index contributed by atoms with van der Waals surface area (Å²) in [5.74, 6) is 0. The average molecular weight is 252 g/mol. The SMILES string of the molecule is [NH3+]CC[Se](=O)c1ccc(Cl)cc1. The van der Waals surface area contributed by atoms with E-state index in [-0.39, 0.29) is 0 Å². The normalized spacial score (nSPS) is 12.8. The van der Waals surface area contributed by atoms with Gasteiger partial charge in [0.15, 0.2) is 0 Å². The molecule has 0 aliphatic heterocycles. The second kappa shape index (κ2) is 4.73. The molecule has 0 aliphatic rings. The third kappa shape index (κ3) is 2.68. The fourth-order valence-corrected chi connectivity index (χ4v) is 2.93. The fraction of sp³-hybridized carbons (Fsp3) is 0.250. The Morgan fingerprint density at radius 3 is 2.42 bits per heavy atom. The van der Waals surface area contributed by atoms with Crippen molar-refractivity contribution in [1.82, 2.24) is 0 Å². The maximum absolute atomic E-state index is 11.5. The molecular weight excluding hydrogens is 241 g/mol. The van der Waals surface area contributed by atoms with Crippen LogP contribution in [0.1, 0.15) is 0 Å². The summed E-state index contributed by atoms with van der Waals surface area (Å²) < 4.78 is 12.4. The van der Waals surface area contributed by atoms with Gasteiger partial charge in [0, 0.05) is 0 Å². The summed E-state index contributed by atoms with van der Waals surface area (Å²) in [4.78, 5) is 0. The second-order valence-electron chi connectivity index (χ2n) is 2.36. The van der Waals surface area contributed by atoms with Gasteiger partial charge < -0.3 is 0 Å². The van der Waals surface area contributed by atoms with Gasteiger partial charge in [-0.25, -0.2) is 0 Å². The van der Waals surface area contributed by atoms with Crippen molar-refractivity contribution in [1.29, 1.82) is 0 Å². The number of quaternary nitrogens is 1. The molecular formula is C8H11ClNOSe+. The van der Waals surface area contributed by atoms with Crippen molar-refractivity contribution in [3.05, 3.63) is 29.3 Å². The molecule has 0 aromatic heterocycles. The van der Waals surface area contributed by atoms with Crippen molar-refractivity contribution >= 4 is 29.9 Å². The molecule has 1 aromatic carbocycles. The van der Waals surface area contributed by atoms with Crippen LogP contribution in [0.25, 0.3) is 0 Å². The van der Waals surface area contributed by atoms with E-state index in [9.17, 15) is 3.83 Å². The van der Waals surface area contributed by atoms with Crippen LogP contribution in [0.5, 0.6) is 0 Å². The molecule has 1 unspecified atom stereocenters. The molecule has 1 aromatic rings. The quantitative estimate of drug-likeness (QED) is 0.767. The van der Waals surface area contributed by atoms with Crippen molar-refractivity contribution in [3.8, 4) is 0 Å². The first-order chi connectivity index (χ1) is 5.74. The molecule has 0 bridgehead atoms. The van der Waals surface area contributed by atoms with E-state index < -0.39 is 13.8 Å². The van der Waals surface area contributed by atoms with Crippen molar-refractivity contribution in [2.24, 2.45) is 0 Å². The molecule has 66 valence electrons. The van der Waals surface area contributed by atoms with Crippen LogP contribution < -0.4 is 10.2 Å². The fourth-order valence-electron chi connectivity index (χ4n) is 0.835. The van der Waals surface area contributed by atoms with Crippen molar-refractivity contribution < 1.29 is 9.57 Å². The third-order valence-electron chi connectivity index (χ3n) is 1.41. The summed E-state index contributed by atoms with van der Waals surface area (Å²) in [5.41, 5.74) is 3.67. The molecule has 1 rings (SSSR count). The van der Waals surface area contributed by atoms with Gasteiger partial charge in [0.05, 0.1) is 0 Å². The molecule has 0 fully saturated rings. The minimum atomic E-state index is -1.82. The molecule has 0 amide bonds. The van der Waals surface area contributed by atoms with E-state index >= 15 is 0 Å². The molecule has 0 radical (unpaired) electrons. The number of hydrogen-bond acceptors (Lipinski definition) is 1. The van der Waals surface area contributed by atoms with Gasteiger partial charge in [-0.3, -0.25) is 0 Å². The Labute approximate surface area is 80.8 Å². The van der Waals surface area contributed by atoms with Gasteiger partial charge in [-0.2, -0.15) is 0 Å². The first-order valence-corrected chi connectivity index (χ1v) is 6.81. The Morgan fingerprint density at radius 2 is 1.92 bits per heavy atom. The van der Waals surface area contributed by atoms with Crippen LogP contribution >= 0.6 is 11.6 Å². The van der Waals surface area contributed by atoms with Crippen LogP contribution in [0.2, 0.25) is 10.3 Å². The summed E-state index contributed by atoms with van der Waals surface area (Å²) in [7, 11) is 0. The first kappa shape index (κ1) is 9.87. The predicted octanol–water partition coefficient (Wildman–Crippen LogP) is 0.211. The van der Waals surface area contributed by atoms with E-state index in [0.29, 0.717) is 10.3 Å². The molecule has 12 heavy (non-hydrogen) atoms. The standard InChI is InChI=1S/C8H10ClNOSe/c9-7-1-3-8(4-2-7)12(11)6-5-10/h1-4H,5-6,10H2/p+1. The minimum absolute atomic E-state index is 0.687. The van der Waals surface area contributed by atoms with Gasteiger partial charge in [-0.05, 0) is 0 Å². The van der Waals surface area contributed by atoms with Crippen LogP contribution in [0.4, 0.5) is 0 Å². The Hall–Kier alpha value is -0.211. The topological polar surface area (TPSA) is 44.7 Å². The Morgan fingerprint density at radius 1 is 1.33 bits per heavy atom. The molecule has 0 saturated carbocycles. The van der Waals surface area contributed by atoms with Crippen LogP contribution in [-0.4, -0.2) is 20.4 Å². The predicted molar refractivity (Wildman–Crippen MR) is 50.1 cm³/mol. The maximum atomic E-state index is 11.5. The zero-order chi connectivity index (χ0) is 8.97. The molecule has 3 N–H and O–H groups in total. The van der Waals surface area contributed by atoms with Crippen LogP contribution in [0.15, 0.2) is 24.3 Å². The molecule has 0 aliphatic carbocycles. The van der Waals surface area contributed by atoms with Crippen molar-refractivity contribution in [2.75, 3.05) is 6.54 Å². The van der Waals surface area contributed by atoms with Gasteiger partial charge in [-0.15, -0.1) is 0 Å². The number of rotatable bonds is 3. The van der Waals surface area contributed by atoms with Gasteiger partial charge in [0.1, 0.15) is 0 Å². The second-order valence-corrected chi connectivity index (χ2v) is 6.09. The van der Waals surface area contributed by atoms with Crippen LogP contribution in [0, 0.1) is 0 Å². The number of halogens is 1.